The van der Waals surface area contributed by atoms with Gasteiger partial charge in [-0.1, -0.05) is 15.9 Å². The Kier molecular flexibility index (Phi) is 6.51. The number of aromatic nitrogens is 2. The molecular formula is C15H18BrN5O4S. The first kappa shape index (κ1) is 20.1. The van der Waals surface area contributed by atoms with Crippen molar-refractivity contribution in [1.29, 1.82) is 0 Å². The van der Waals surface area contributed by atoms with E-state index >= 15 is 0 Å². The number of nitrogens with zero attached hydrogens (tertiary/aromatic N) is 2. The lowest BCUT2D eigenvalue weighted by atomic mass is 10.2. The highest BCUT2D eigenvalue weighted by Crippen LogP contribution is 2.19. The molecule has 0 radical (unpaired) electrons. The zero-order valence-corrected chi connectivity index (χ0v) is 16.5. The molecule has 11 heteroatoms. The van der Waals surface area contributed by atoms with Gasteiger partial charge >= 0.3 is 0 Å². The lowest BCUT2D eigenvalue weighted by molar-refractivity contribution is -0.123. The van der Waals surface area contributed by atoms with E-state index < -0.39 is 28.4 Å². The number of benzene rings is 1. The fourth-order valence-corrected chi connectivity index (χ4v) is 3.40. The van der Waals surface area contributed by atoms with Crippen molar-refractivity contribution in [2.24, 2.45) is 7.05 Å². The van der Waals surface area contributed by atoms with E-state index in [1.807, 2.05) is 13.0 Å². The fourth-order valence-electron chi connectivity index (χ4n) is 1.97. The third kappa shape index (κ3) is 5.64. The lowest BCUT2D eigenvalue weighted by Gasteiger charge is -2.10. The Labute approximate surface area is 159 Å². The zero-order chi connectivity index (χ0) is 19.3. The fraction of sp³-hybridized carbons (Fsp3) is 0.267. The second kappa shape index (κ2) is 8.43. The summed E-state index contributed by atoms with van der Waals surface area (Å²) >= 11 is 3.33. The molecular weight excluding hydrogens is 426 g/mol. The van der Waals surface area contributed by atoms with Crippen LogP contribution in [0.25, 0.3) is 0 Å². The van der Waals surface area contributed by atoms with Crippen molar-refractivity contribution in [2.45, 2.75) is 11.9 Å². The molecule has 2 rings (SSSR count). The molecule has 0 fully saturated rings. The van der Waals surface area contributed by atoms with E-state index in [9.17, 15) is 18.0 Å². The van der Waals surface area contributed by atoms with Crippen LogP contribution in [0.4, 0.5) is 5.69 Å². The molecule has 0 aliphatic heterocycles. The van der Waals surface area contributed by atoms with Crippen LogP contribution in [0.1, 0.15) is 5.56 Å². The van der Waals surface area contributed by atoms with Crippen LogP contribution in [0.5, 0.6) is 0 Å². The molecule has 2 amide bonds. The number of carbonyl (C=O) groups excluding carboxylic acids is 2. The van der Waals surface area contributed by atoms with Crippen molar-refractivity contribution in [1.82, 2.24) is 19.6 Å². The standard InChI is InChI=1S/C15H18BrN5O4S/c1-10-5-11(16)3-4-12(10)20-14(23)6-17-13(22)7-19-26(24,25)15-8-21(2)9-18-15/h3-5,8-9,19H,6-7H2,1-2H3,(H,17,22)(H,20,23). The summed E-state index contributed by atoms with van der Waals surface area (Å²) in [5.74, 6) is -1.05. The highest BCUT2D eigenvalue weighted by molar-refractivity contribution is 9.10. The van der Waals surface area contributed by atoms with E-state index in [-0.39, 0.29) is 11.6 Å². The molecule has 0 bridgehead atoms. The highest BCUT2D eigenvalue weighted by atomic mass is 79.9. The monoisotopic (exact) mass is 443 g/mol. The summed E-state index contributed by atoms with van der Waals surface area (Å²) in [4.78, 5) is 27.3. The Morgan fingerprint density at radius 2 is 1.96 bits per heavy atom. The molecule has 0 spiro atoms. The molecule has 0 aliphatic rings. The van der Waals surface area contributed by atoms with Gasteiger partial charge in [0, 0.05) is 23.4 Å². The molecule has 140 valence electrons. The lowest BCUT2D eigenvalue weighted by Crippen LogP contribution is -2.40. The average molecular weight is 444 g/mol. The van der Waals surface area contributed by atoms with Crippen LogP contribution in [-0.2, 0) is 26.7 Å². The van der Waals surface area contributed by atoms with Gasteiger partial charge in [0.05, 0.1) is 19.4 Å². The number of amides is 2. The van der Waals surface area contributed by atoms with Crippen LogP contribution in [0.15, 0.2) is 40.2 Å². The van der Waals surface area contributed by atoms with Crippen molar-refractivity contribution in [3.63, 3.8) is 0 Å². The molecule has 0 unspecified atom stereocenters. The zero-order valence-electron chi connectivity index (χ0n) is 14.1. The Morgan fingerprint density at radius 1 is 1.23 bits per heavy atom. The number of aryl methyl sites for hydroxylation is 2. The number of sulfonamides is 1. The van der Waals surface area contributed by atoms with Gasteiger partial charge in [-0.15, -0.1) is 0 Å². The SMILES string of the molecule is Cc1cc(Br)ccc1NC(=O)CNC(=O)CNS(=O)(=O)c1cn(C)cn1. The maximum atomic E-state index is 11.9. The van der Waals surface area contributed by atoms with Gasteiger partial charge in [-0.3, -0.25) is 9.59 Å². The van der Waals surface area contributed by atoms with Gasteiger partial charge in [-0.25, -0.2) is 18.1 Å². The van der Waals surface area contributed by atoms with Crippen LogP contribution < -0.4 is 15.4 Å². The molecule has 26 heavy (non-hydrogen) atoms. The van der Waals surface area contributed by atoms with Gasteiger partial charge in [0.25, 0.3) is 10.0 Å². The van der Waals surface area contributed by atoms with Crippen molar-refractivity contribution >= 4 is 43.5 Å². The van der Waals surface area contributed by atoms with Crippen molar-refractivity contribution in [2.75, 3.05) is 18.4 Å². The van der Waals surface area contributed by atoms with Crippen molar-refractivity contribution in [3.05, 3.63) is 40.8 Å². The Bertz CT molecular complexity index is 926. The summed E-state index contributed by atoms with van der Waals surface area (Å²) < 4.78 is 28.4. The van der Waals surface area contributed by atoms with Crippen LogP contribution in [-0.4, -0.2) is 42.9 Å². The van der Waals surface area contributed by atoms with Gasteiger partial charge < -0.3 is 15.2 Å². The number of hydrogen-bond acceptors (Lipinski definition) is 5. The molecule has 2 aromatic rings. The van der Waals surface area contributed by atoms with Gasteiger partial charge in [-0.05, 0) is 30.7 Å². The summed E-state index contributed by atoms with van der Waals surface area (Å²) in [6.07, 6.45) is 2.65. The van der Waals surface area contributed by atoms with Crippen LogP contribution >= 0.6 is 15.9 Å². The average Bonchev–Trinajstić information content (AvgIpc) is 3.01. The number of rotatable bonds is 7. The summed E-state index contributed by atoms with van der Waals surface area (Å²) in [6, 6.07) is 5.37. The van der Waals surface area contributed by atoms with E-state index in [0.29, 0.717) is 5.69 Å². The van der Waals surface area contributed by atoms with Crippen LogP contribution in [0, 0.1) is 6.92 Å². The third-order valence-electron chi connectivity index (χ3n) is 3.29. The van der Waals surface area contributed by atoms with Gasteiger partial charge in [0.2, 0.25) is 11.8 Å². The number of halogens is 1. The van der Waals surface area contributed by atoms with Gasteiger partial charge in [-0.2, -0.15) is 0 Å². The molecule has 0 aliphatic carbocycles. The Morgan fingerprint density at radius 3 is 2.58 bits per heavy atom. The maximum absolute atomic E-state index is 11.9. The van der Waals surface area contributed by atoms with Crippen molar-refractivity contribution < 1.29 is 18.0 Å². The third-order valence-corrected chi connectivity index (χ3v) is 5.07. The van der Waals surface area contributed by atoms with Crippen molar-refractivity contribution in [3.8, 4) is 0 Å². The topological polar surface area (TPSA) is 122 Å². The number of carbonyl (C=O) groups is 2. The number of imidazole rings is 1. The molecule has 0 saturated carbocycles. The summed E-state index contributed by atoms with van der Waals surface area (Å²) in [6.45, 7) is 1.06. The summed E-state index contributed by atoms with van der Waals surface area (Å²) in [7, 11) is -2.25. The van der Waals surface area contributed by atoms with E-state index in [0.717, 1.165) is 10.0 Å². The second-order valence-corrected chi connectivity index (χ2v) is 8.12. The minimum atomic E-state index is -3.88. The van der Waals surface area contributed by atoms with E-state index in [4.69, 9.17) is 0 Å². The number of hydrogen-bond donors (Lipinski definition) is 3. The van der Waals surface area contributed by atoms with E-state index in [1.165, 1.54) is 17.1 Å². The summed E-state index contributed by atoms with van der Waals surface area (Å²) in [5, 5.41) is 4.83. The van der Waals surface area contributed by atoms with Crippen LogP contribution in [0.3, 0.4) is 0 Å². The minimum absolute atomic E-state index is 0.184. The predicted octanol–water partition coefficient (Wildman–Crippen LogP) is 0.524. The first-order valence-electron chi connectivity index (χ1n) is 7.48. The quantitative estimate of drug-likeness (QED) is 0.575. The number of anilines is 1. The minimum Gasteiger partial charge on any atom is -0.346 e. The first-order valence-corrected chi connectivity index (χ1v) is 9.75. The second-order valence-electron chi connectivity index (χ2n) is 5.49. The highest BCUT2D eigenvalue weighted by Gasteiger charge is 2.18. The van der Waals surface area contributed by atoms with Crippen LogP contribution in [0.2, 0.25) is 0 Å². The van der Waals surface area contributed by atoms with E-state index in [1.54, 1.807) is 19.2 Å². The molecule has 3 N–H and O–H groups in total. The molecule has 0 saturated heterocycles. The molecule has 9 nitrogen and oxygen atoms in total. The molecule has 1 aromatic carbocycles. The Balaban J connectivity index is 1.80. The predicted molar refractivity (Wildman–Crippen MR) is 98.9 cm³/mol. The Hall–Kier alpha value is -2.24. The first-order chi connectivity index (χ1) is 12.2. The smallest absolute Gasteiger partial charge is 0.260 e. The van der Waals surface area contributed by atoms with E-state index in [2.05, 4.69) is 36.3 Å². The molecule has 0 atom stereocenters. The maximum Gasteiger partial charge on any atom is 0.260 e. The number of nitrogens with one attached hydrogen (secondary N) is 3. The largest absolute Gasteiger partial charge is 0.346 e. The molecule has 1 aromatic heterocycles. The molecule has 1 heterocycles. The van der Waals surface area contributed by atoms with Gasteiger partial charge in [0.1, 0.15) is 0 Å². The normalized spacial score (nSPS) is 11.2. The van der Waals surface area contributed by atoms with Gasteiger partial charge in [0.15, 0.2) is 5.03 Å². The summed E-state index contributed by atoms with van der Waals surface area (Å²) in [5.41, 5.74) is 1.49.